The second-order valence-electron chi connectivity index (χ2n) is 14.6. The second-order valence-corrected chi connectivity index (χ2v) is 16.0. The van der Waals surface area contributed by atoms with Crippen molar-refractivity contribution < 1.29 is 14.4 Å². The summed E-state index contributed by atoms with van der Waals surface area (Å²) in [5.41, 5.74) is 15.9. The molecule has 8 N–H and O–H groups in total. The maximum atomic E-state index is 14.7. The summed E-state index contributed by atoms with van der Waals surface area (Å²) in [7, 11) is 1.64. The van der Waals surface area contributed by atoms with Gasteiger partial charge in [0.2, 0.25) is 17.7 Å². The average molecular weight is 794 g/mol. The number of unbranched alkanes of at least 4 members (excludes halogenated alkanes) is 1. The van der Waals surface area contributed by atoms with Gasteiger partial charge in [-0.2, -0.15) is 0 Å². The minimum atomic E-state index is -0.931. The topological polar surface area (TPSA) is 184 Å². The number of nitrogens with one attached hydrogen (secondary N) is 4. The molecular formula is C42H48ClN9O3S. The predicted octanol–water partition coefficient (Wildman–Crippen LogP) is 4.94. The molecule has 292 valence electrons. The number of likely N-dealkylation sites (N-methyl/N-ethyl adjacent to an activating group) is 1. The molecule has 1 fully saturated rings. The summed E-state index contributed by atoms with van der Waals surface area (Å²) in [6.45, 7) is 1.35. The van der Waals surface area contributed by atoms with E-state index in [0.29, 0.717) is 68.0 Å². The Labute approximate surface area is 335 Å². The lowest BCUT2D eigenvalue weighted by Gasteiger charge is -2.32. The molecule has 3 aromatic heterocycles. The van der Waals surface area contributed by atoms with Crippen LogP contribution in [0.5, 0.6) is 0 Å². The summed E-state index contributed by atoms with van der Waals surface area (Å²) < 4.78 is 0. The van der Waals surface area contributed by atoms with E-state index < -0.39 is 17.6 Å². The smallest absolute Gasteiger partial charge is 0.245 e. The standard InChI is InChI=1S/C42H48ClN9O3S/c1-52-35(19-28-22-47-33-12-4-3-11-30(28)33)39(53)49-24-31-32(43)25-48-37(27-10-8-18-46-21-27)38(31)56-36-14-5-2-9-26(36)23-50-42(20-29(42)15-17-45)41(55)51-34(40(52)54)13-6-7-16-44/h2-5,8-12,14,18,21-22,25,29,34-35,47,50H,6-7,13,15-17,19-20,23-24,44-45H2,1H3,(H,49,53)(H,51,55)/t29-,34+,35+,42?/m1/s1. The van der Waals surface area contributed by atoms with Crippen LogP contribution in [0.15, 0.2) is 95.2 Å². The molecule has 1 spiro atoms. The van der Waals surface area contributed by atoms with Gasteiger partial charge in [-0.3, -0.25) is 29.7 Å². The van der Waals surface area contributed by atoms with Crippen LogP contribution < -0.4 is 27.4 Å². The minimum Gasteiger partial charge on any atom is -0.361 e. The number of nitrogens with two attached hydrogens (primary N) is 2. The summed E-state index contributed by atoms with van der Waals surface area (Å²) in [6, 6.07) is 17.8. The number of para-hydroxylation sites is 1. The summed E-state index contributed by atoms with van der Waals surface area (Å²) in [5.74, 6) is -0.970. The Bertz CT molecular complexity index is 2200. The first-order valence-corrected chi connectivity index (χ1v) is 20.3. The number of pyridine rings is 2. The van der Waals surface area contributed by atoms with E-state index in [-0.39, 0.29) is 36.6 Å². The molecule has 1 aliphatic carbocycles. The van der Waals surface area contributed by atoms with Crippen molar-refractivity contribution in [3.63, 3.8) is 0 Å². The maximum absolute atomic E-state index is 14.7. The fourth-order valence-corrected chi connectivity index (χ4v) is 9.18. The van der Waals surface area contributed by atoms with Crippen molar-refractivity contribution in [2.24, 2.45) is 17.4 Å². The summed E-state index contributed by atoms with van der Waals surface area (Å²) in [5, 5.41) is 11.2. The largest absolute Gasteiger partial charge is 0.361 e. The lowest BCUT2D eigenvalue weighted by atomic mass is 10.0. The van der Waals surface area contributed by atoms with Crippen molar-refractivity contribution >= 4 is 52.0 Å². The third kappa shape index (κ3) is 8.33. The molecular weight excluding hydrogens is 746 g/mol. The van der Waals surface area contributed by atoms with Gasteiger partial charge < -0.3 is 32.0 Å². The van der Waals surface area contributed by atoms with Gasteiger partial charge in [-0.25, -0.2) is 0 Å². The molecule has 4 atom stereocenters. The highest BCUT2D eigenvalue weighted by Gasteiger charge is 2.59. The number of fused-ring (bicyclic) bond motifs is 3. The molecule has 0 bridgehead atoms. The number of nitrogens with zero attached hydrogens (tertiary/aromatic N) is 3. The SMILES string of the molecule is CN1C(=O)[C@H](CCCCN)NC(=O)C2(C[C@H]2CCN)NCc2ccccc2Sc2c(-c3cccnc3)ncc(Cl)c2CNC(=O)[C@@H]1Cc1c[nH]c2ccccc12. The number of aromatic amines is 1. The first-order valence-electron chi connectivity index (χ1n) is 19.1. The number of hydrogen-bond acceptors (Lipinski definition) is 9. The third-order valence-electron chi connectivity index (χ3n) is 11.0. The van der Waals surface area contributed by atoms with E-state index in [2.05, 4.69) is 25.9 Å². The average Bonchev–Trinajstić information content (AvgIpc) is 3.77. The van der Waals surface area contributed by atoms with E-state index >= 15 is 0 Å². The molecule has 12 nitrogen and oxygen atoms in total. The Balaban J connectivity index is 1.34. The monoisotopic (exact) mass is 793 g/mol. The molecule has 1 unspecified atom stereocenters. The molecule has 3 amide bonds. The highest BCUT2D eigenvalue weighted by molar-refractivity contribution is 7.99. The molecule has 2 aliphatic rings. The number of amides is 3. The Hall–Kier alpha value is -4.79. The van der Waals surface area contributed by atoms with Crippen LogP contribution in [-0.2, 0) is 33.9 Å². The Morgan fingerprint density at radius 1 is 0.964 bits per heavy atom. The number of H-pyrrole nitrogens is 1. The van der Waals surface area contributed by atoms with E-state index in [4.69, 9.17) is 28.1 Å². The van der Waals surface area contributed by atoms with Gasteiger partial charge in [-0.1, -0.05) is 59.8 Å². The van der Waals surface area contributed by atoms with Gasteiger partial charge in [-0.05, 0) is 86.5 Å². The van der Waals surface area contributed by atoms with Crippen LogP contribution in [0.4, 0.5) is 0 Å². The molecule has 5 aromatic rings. The third-order valence-corrected chi connectivity index (χ3v) is 12.6. The minimum absolute atomic E-state index is 0.00626. The van der Waals surface area contributed by atoms with Gasteiger partial charge >= 0.3 is 0 Å². The lowest BCUT2D eigenvalue weighted by Crippen LogP contribution is -2.58. The van der Waals surface area contributed by atoms with Crippen LogP contribution in [0.25, 0.3) is 22.2 Å². The molecule has 56 heavy (non-hydrogen) atoms. The summed E-state index contributed by atoms with van der Waals surface area (Å²) in [4.78, 5) is 59.3. The van der Waals surface area contributed by atoms with Gasteiger partial charge in [0.05, 0.1) is 10.7 Å². The number of rotatable bonds is 9. The zero-order valence-corrected chi connectivity index (χ0v) is 33.0. The van der Waals surface area contributed by atoms with Crippen LogP contribution in [-0.4, -0.2) is 75.3 Å². The first-order chi connectivity index (χ1) is 27.2. The number of hydrogen-bond donors (Lipinski definition) is 6. The number of benzene rings is 2. The molecule has 7 rings (SSSR count). The number of carbonyl (C=O) groups excluding carboxylic acids is 3. The van der Waals surface area contributed by atoms with Crippen molar-refractivity contribution in [2.45, 2.75) is 79.0 Å². The van der Waals surface area contributed by atoms with E-state index in [0.717, 1.165) is 37.4 Å². The molecule has 4 heterocycles. The summed E-state index contributed by atoms with van der Waals surface area (Å²) in [6.07, 6.45) is 10.1. The number of aromatic nitrogens is 3. The van der Waals surface area contributed by atoms with Gasteiger partial charge in [0.1, 0.15) is 17.6 Å². The van der Waals surface area contributed by atoms with Crippen LogP contribution in [0.3, 0.4) is 0 Å². The van der Waals surface area contributed by atoms with E-state index in [9.17, 15) is 14.4 Å². The molecule has 2 aromatic carbocycles. The fraction of sp³-hybridized carbons (Fsp3) is 0.357. The van der Waals surface area contributed by atoms with Crippen molar-refractivity contribution in [2.75, 3.05) is 20.1 Å². The molecule has 1 saturated carbocycles. The van der Waals surface area contributed by atoms with Gasteiger partial charge in [0.25, 0.3) is 0 Å². The van der Waals surface area contributed by atoms with Gasteiger partial charge in [0, 0.05) is 83.2 Å². The van der Waals surface area contributed by atoms with Gasteiger partial charge in [0.15, 0.2) is 0 Å². The van der Waals surface area contributed by atoms with Crippen LogP contribution in [0, 0.1) is 5.92 Å². The fourth-order valence-electron chi connectivity index (χ4n) is 7.70. The quantitative estimate of drug-likeness (QED) is 0.113. The molecule has 0 saturated heterocycles. The van der Waals surface area contributed by atoms with E-state index in [1.165, 1.54) is 16.7 Å². The van der Waals surface area contributed by atoms with Crippen molar-refractivity contribution in [1.29, 1.82) is 0 Å². The zero-order valence-electron chi connectivity index (χ0n) is 31.4. The zero-order chi connectivity index (χ0) is 39.2. The van der Waals surface area contributed by atoms with Crippen LogP contribution >= 0.6 is 23.4 Å². The van der Waals surface area contributed by atoms with Crippen molar-refractivity contribution in [3.05, 3.63) is 107 Å². The second kappa shape index (κ2) is 17.6. The molecule has 1 aliphatic heterocycles. The van der Waals surface area contributed by atoms with E-state index in [1.54, 1.807) is 25.6 Å². The van der Waals surface area contributed by atoms with Crippen molar-refractivity contribution in [1.82, 2.24) is 35.8 Å². The van der Waals surface area contributed by atoms with Gasteiger partial charge in [-0.15, -0.1) is 0 Å². The Morgan fingerprint density at radius 2 is 1.79 bits per heavy atom. The van der Waals surface area contributed by atoms with Crippen LogP contribution in [0.1, 0.15) is 48.8 Å². The van der Waals surface area contributed by atoms with Crippen molar-refractivity contribution in [3.8, 4) is 11.3 Å². The predicted molar refractivity (Wildman–Crippen MR) is 220 cm³/mol. The highest BCUT2D eigenvalue weighted by atomic mass is 35.5. The maximum Gasteiger partial charge on any atom is 0.245 e. The highest BCUT2D eigenvalue weighted by Crippen LogP contribution is 2.47. The first kappa shape index (κ1) is 39.4. The van der Waals surface area contributed by atoms with E-state index in [1.807, 2.05) is 66.9 Å². The number of carbonyl (C=O) groups is 3. The molecule has 14 heteroatoms. The lowest BCUT2D eigenvalue weighted by molar-refractivity contribution is -0.142. The van der Waals surface area contributed by atoms with Crippen LogP contribution in [0.2, 0.25) is 5.02 Å². The number of halogens is 1. The molecule has 0 radical (unpaired) electrons. The normalized spacial score (nSPS) is 22.0. The Morgan fingerprint density at radius 3 is 2.59 bits per heavy atom. The summed E-state index contributed by atoms with van der Waals surface area (Å²) >= 11 is 8.47. The Kier molecular flexibility index (Phi) is 12.4.